The summed E-state index contributed by atoms with van der Waals surface area (Å²) in [6, 6.07) is 14.7. The topological polar surface area (TPSA) is 76.5 Å². The average molecular weight is 455 g/mol. The van der Waals surface area contributed by atoms with E-state index >= 15 is 0 Å². The lowest BCUT2D eigenvalue weighted by atomic mass is 10.1. The number of nitrogens with zero attached hydrogens (tertiary/aromatic N) is 3. The third-order valence-electron chi connectivity index (χ3n) is 4.84. The maximum atomic E-state index is 12.9. The molecule has 29 heavy (non-hydrogen) atoms. The van der Waals surface area contributed by atoms with E-state index in [0.29, 0.717) is 12.2 Å². The van der Waals surface area contributed by atoms with Gasteiger partial charge >= 0.3 is 0 Å². The summed E-state index contributed by atoms with van der Waals surface area (Å²) in [5.41, 5.74) is 2.15. The standard InChI is InChI=1S/C21H19BrN4O3/c1-29-17-8-6-16(7-9-17)25-12-14(10-20(25)27)21(28)24-18-4-2-3-5-19(18)26-13-15(22)11-23-26/h2-9,11,13-14H,10,12H2,1H3,(H,24,28). The highest BCUT2D eigenvalue weighted by atomic mass is 79.9. The van der Waals surface area contributed by atoms with Gasteiger partial charge in [-0.25, -0.2) is 4.68 Å². The van der Waals surface area contributed by atoms with Gasteiger partial charge in [0.15, 0.2) is 0 Å². The molecule has 1 saturated heterocycles. The van der Waals surface area contributed by atoms with E-state index in [2.05, 4.69) is 26.3 Å². The Balaban J connectivity index is 1.49. The summed E-state index contributed by atoms with van der Waals surface area (Å²) in [7, 11) is 1.59. The van der Waals surface area contributed by atoms with Crippen molar-refractivity contribution in [3.05, 3.63) is 65.4 Å². The summed E-state index contributed by atoms with van der Waals surface area (Å²) in [4.78, 5) is 27.0. The minimum absolute atomic E-state index is 0.0698. The van der Waals surface area contributed by atoms with E-state index in [0.717, 1.165) is 21.6 Å². The molecule has 1 fully saturated rings. The van der Waals surface area contributed by atoms with E-state index in [1.807, 2.05) is 42.6 Å². The van der Waals surface area contributed by atoms with Gasteiger partial charge in [-0.15, -0.1) is 0 Å². The van der Waals surface area contributed by atoms with E-state index in [1.54, 1.807) is 35.0 Å². The van der Waals surface area contributed by atoms with Crippen molar-refractivity contribution < 1.29 is 14.3 Å². The molecule has 8 heteroatoms. The molecule has 4 rings (SSSR count). The predicted octanol–water partition coefficient (Wildman–Crippen LogP) is 3.64. The SMILES string of the molecule is COc1ccc(N2CC(C(=O)Nc3ccccc3-n3cc(Br)cn3)CC2=O)cc1. The van der Waals surface area contributed by atoms with Crippen LogP contribution in [0.15, 0.2) is 65.4 Å². The zero-order valence-electron chi connectivity index (χ0n) is 15.7. The van der Waals surface area contributed by atoms with Crippen LogP contribution in [0, 0.1) is 5.92 Å². The van der Waals surface area contributed by atoms with Gasteiger partial charge in [0.1, 0.15) is 5.75 Å². The monoisotopic (exact) mass is 454 g/mol. The van der Waals surface area contributed by atoms with Crippen LogP contribution in [0.2, 0.25) is 0 Å². The molecular weight excluding hydrogens is 436 g/mol. The number of nitrogens with one attached hydrogen (secondary N) is 1. The Morgan fingerprint density at radius 2 is 1.97 bits per heavy atom. The largest absolute Gasteiger partial charge is 0.497 e. The second kappa shape index (κ2) is 8.08. The van der Waals surface area contributed by atoms with Crippen LogP contribution < -0.4 is 15.0 Å². The molecule has 0 aliphatic carbocycles. The van der Waals surface area contributed by atoms with E-state index in [1.165, 1.54) is 0 Å². The normalized spacial score (nSPS) is 16.1. The predicted molar refractivity (Wildman–Crippen MR) is 113 cm³/mol. The number of carbonyl (C=O) groups is 2. The molecule has 1 atom stereocenters. The van der Waals surface area contributed by atoms with Gasteiger partial charge in [0.05, 0.1) is 35.1 Å². The zero-order chi connectivity index (χ0) is 20.4. The zero-order valence-corrected chi connectivity index (χ0v) is 17.3. The lowest BCUT2D eigenvalue weighted by Crippen LogP contribution is -2.28. The van der Waals surface area contributed by atoms with Crippen molar-refractivity contribution >= 4 is 39.1 Å². The molecule has 7 nitrogen and oxygen atoms in total. The van der Waals surface area contributed by atoms with Crippen LogP contribution in [-0.2, 0) is 9.59 Å². The third-order valence-corrected chi connectivity index (χ3v) is 5.25. The van der Waals surface area contributed by atoms with Crippen molar-refractivity contribution in [1.29, 1.82) is 0 Å². The molecule has 1 aliphatic rings. The number of methoxy groups -OCH3 is 1. The van der Waals surface area contributed by atoms with Gasteiger partial charge in [-0.05, 0) is 52.3 Å². The first-order valence-corrected chi connectivity index (χ1v) is 9.89. The molecule has 1 unspecified atom stereocenters. The Hall–Kier alpha value is -3.13. The molecule has 1 aliphatic heterocycles. The Morgan fingerprint density at radius 1 is 1.21 bits per heavy atom. The lowest BCUT2D eigenvalue weighted by Gasteiger charge is -2.17. The third kappa shape index (κ3) is 4.02. The smallest absolute Gasteiger partial charge is 0.229 e. The van der Waals surface area contributed by atoms with E-state index in [4.69, 9.17) is 4.74 Å². The number of hydrogen-bond acceptors (Lipinski definition) is 4. The number of amides is 2. The second-order valence-corrected chi connectivity index (χ2v) is 7.63. The number of halogens is 1. The molecular formula is C21H19BrN4O3. The maximum Gasteiger partial charge on any atom is 0.229 e. The second-order valence-electron chi connectivity index (χ2n) is 6.71. The number of hydrogen-bond donors (Lipinski definition) is 1. The number of ether oxygens (including phenoxy) is 1. The molecule has 3 aromatic rings. The average Bonchev–Trinajstić information content (AvgIpc) is 3.34. The van der Waals surface area contributed by atoms with Crippen LogP contribution in [0.25, 0.3) is 5.69 Å². The van der Waals surface area contributed by atoms with Crippen molar-refractivity contribution in [2.75, 3.05) is 23.9 Å². The van der Waals surface area contributed by atoms with Gasteiger partial charge in [-0.3, -0.25) is 9.59 Å². The molecule has 2 aromatic carbocycles. The molecule has 1 N–H and O–H groups in total. The van der Waals surface area contributed by atoms with Crippen molar-refractivity contribution in [3.63, 3.8) is 0 Å². The van der Waals surface area contributed by atoms with Crippen LogP contribution in [0.3, 0.4) is 0 Å². The van der Waals surface area contributed by atoms with Crippen LogP contribution in [0.4, 0.5) is 11.4 Å². The van der Waals surface area contributed by atoms with Crippen molar-refractivity contribution in [3.8, 4) is 11.4 Å². The minimum Gasteiger partial charge on any atom is -0.497 e. The fourth-order valence-electron chi connectivity index (χ4n) is 3.34. The Bertz CT molecular complexity index is 1050. The van der Waals surface area contributed by atoms with E-state index in [-0.39, 0.29) is 18.2 Å². The summed E-state index contributed by atoms with van der Waals surface area (Å²) in [6.45, 7) is 0.340. The summed E-state index contributed by atoms with van der Waals surface area (Å²) < 4.78 is 7.68. The van der Waals surface area contributed by atoms with Crippen LogP contribution in [-0.4, -0.2) is 35.2 Å². The number of anilines is 2. The van der Waals surface area contributed by atoms with Crippen molar-refractivity contribution in [2.45, 2.75) is 6.42 Å². The molecule has 2 amide bonds. The highest BCUT2D eigenvalue weighted by Gasteiger charge is 2.35. The number of carbonyl (C=O) groups excluding carboxylic acids is 2. The molecule has 2 heterocycles. The highest BCUT2D eigenvalue weighted by Crippen LogP contribution is 2.28. The molecule has 0 saturated carbocycles. The fourth-order valence-corrected chi connectivity index (χ4v) is 3.63. The van der Waals surface area contributed by atoms with Crippen LogP contribution in [0.5, 0.6) is 5.75 Å². The fraction of sp³-hybridized carbons (Fsp3) is 0.190. The van der Waals surface area contributed by atoms with Gasteiger partial charge < -0.3 is 15.0 Å². The first kappa shape index (κ1) is 19.2. The molecule has 0 radical (unpaired) electrons. The van der Waals surface area contributed by atoms with Crippen LogP contribution >= 0.6 is 15.9 Å². The molecule has 0 bridgehead atoms. The van der Waals surface area contributed by atoms with E-state index < -0.39 is 5.92 Å². The Kier molecular flexibility index (Phi) is 5.35. The lowest BCUT2D eigenvalue weighted by molar-refractivity contribution is -0.122. The number of benzene rings is 2. The van der Waals surface area contributed by atoms with Crippen LogP contribution in [0.1, 0.15) is 6.42 Å². The van der Waals surface area contributed by atoms with Gasteiger partial charge in [0, 0.05) is 24.8 Å². The maximum absolute atomic E-state index is 12.9. The first-order valence-electron chi connectivity index (χ1n) is 9.10. The summed E-state index contributed by atoms with van der Waals surface area (Å²) in [5, 5.41) is 7.23. The first-order chi connectivity index (χ1) is 14.0. The molecule has 148 valence electrons. The van der Waals surface area contributed by atoms with Gasteiger partial charge in [0.25, 0.3) is 0 Å². The Labute approximate surface area is 176 Å². The minimum atomic E-state index is -0.429. The van der Waals surface area contributed by atoms with Crippen molar-refractivity contribution in [1.82, 2.24) is 9.78 Å². The number of aromatic nitrogens is 2. The number of rotatable bonds is 5. The molecule has 1 aromatic heterocycles. The van der Waals surface area contributed by atoms with Gasteiger partial charge in [-0.2, -0.15) is 5.10 Å². The van der Waals surface area contributed by atoms with E-state index in [9.17, 15) is 9.59 Å². The molecule has 0 spiro atoms. The highest BCUT2D eigenvalue weighted by molar-refractivity contribution is 9.10. The van der Waals surface area contributed by atoms with Gasteiger partial charge in [0.2, 0.25) is 11.8 Å². The quantitative estimate of drug-likeness (QED) is 0.638. The Morgan fingerprint density at radius 3 is 2.66 bits per heavy atom. The summed E-state index contributed by atoms with van der Waals surface area (Å²) in [5.74, 6) is 0.0335. The summed E-state index contributed by atoms with van der Waals surface area (Å²) in [6.07, 6.45) is 3.67. The van der Waals surface area contributed by atoms with Gasteiger partial charge in [-0.1, -0.05) is 12.1 Å². The van der Waals surface area contributed by atoms with Crippen molar-refractivity contribution in [2.24, 2.45) is 5.92 Å². The number of para-hydroxylation sites is 2. The summed E-state index contributed by atoms with van der Waals surface area (Å²) >= 11 is 3.38.